The van der Waals surface area contributed by atoms with Crippen LogP contribution in [0.3, 0.4) is 0 Å². The molecule has 2 aromatic rings. The zero-order chi connectivity index (χ0) is 14.4. The van der Waals surface area contributed by atoms with Crippen molar-refractivity contribution in [3.63, 3.8) is 0 Å². The van der Waals surface area contributed by atoms with Crippen molar-refractivity contribution in [2.75, 3.05) is 11.4 Å². The molecule has 0 saturated carbocycles. The van der Waals surface area contributed by atoms with Gasteiger partial charge in [-0.1, -0.05) is 18.2 Å². The summed E-state index contributed by atoms with van der Waals surface area (Å²) in [5, 5.41) is 8.89. The quantitative estimate of drug-likeness (QED) is 0.873. The van der Waals surface area contributed by atoms with E-state index in [4.69, 9.17) is 5.11 Å². The van der Waals surface area contributed by atoms with Crippen LogP contribution in [-0.2, 0) is 11.3 Å². The predicted molar refractivity (Wildman–Crippen MR) is 76.5 cm³/mol. The highest BCUT2D eigenvalue weighted by Crippen LogP contribution is 2.21. The van der Waals surface area contributed by atoms with Crippen LogP contribution in [0.1, 0.15) is 17.7 Å². The standard InChI is InChI=1S/C15H17N3O2/c1-12-4-2-3-5-14(12)18(9-7-15(19)20)10-13-6-8-16-11-17-13/h2-6,8,11H,7,9-10H2,1H3,(H,19,20). The first kappa shape index (κ1) is 14.0. The Balaban J connectivity index is 2.20. The molecule has 0 bridgehead atoms. The van der Waals surface area contributed by atoms with Gasteiger partial charge >= 0.3 is 5.97 Å². The van der Waals surface area contributed by atoms with Crippen molar-refractivity contribution in [2.45, 2.75) is 19.9 Å². The monoisotopic (exact) mass is 271 g/mol. The number of aromatic nitrogens is 2. The number of benzene rings is 1. The zero-order valence-electron chi connectivity index (χ0n) is 11.4. The topological polar surface area (TPSA) is 66.3 Å². The lowest BCUT2D eigenvalue weighted by molar-refractivity contribution is -0.136. The minimum absolute atomic E-state index is 0.0966. The molecule has 0 amide bonds. The molecule has 0 spiro atoms. The number of carboxylic acids is 1. The number of hydrogen-bond acceptors (Lipinski definition) is 4. The molecule has 5 nitrogen and oxygen atoms in total. The van der Waals surface area contributed by atoms with Crippen LogP contribution >= 0.6 is 0 Å². The van der Waals surface area contributed by atoms with Crippen LogP contribution in [0, 0.1) is 6.92 Å². The molecule has 1 N–H and O–H groups in total. The molecule has 2 rings (SSSR count). The molecule has 5 heteroatoms. The highest BCUT2D eigenvalue weighted by Gasteiger charge is 2.12. The van der Waals surface area contributed by atoms with Crippen molar-refractivity contribution < 1.29 is 9.90 Å². The van der Waals surface area contributed by atoms with E-state index in [1.807, 2.05) is 42.2 Å². The second-order valence-corrected chi connectivity index (χ2v) is 4.55. The van der Waals surface area contributed by atoms with Gasteiger partial charge < -0.3 is 10.0 Å². The summed E-state index contributed by atoms with van der Waals surface area (Å²) in [6, 6.07) is 9.78. The Morgan fingerprint density at radius 3 is 2.75 bits per heavy atom. The van der Waals surface area contributed by atoms with Gasteiger partial charge in [0.15, 0.2) is 0 Å². The summed E-state index contributed by atoms with van der Waals surface area (Å²) in [6.45, 7) is 3.04. The lowest BCUT2D eigenvalue weighted by atomic mass is 10.1. The Morgan fingerprint density at radius 2 is 2.10 bits per heavy atom. The van der Waals surface area contributed by atoms with Gasteiger partial charge in [-0.15, -0.1) is 0 Å². The van der Waals surface area contributed by atoms with E-state index in [-0.39, 0.29) is 6.42 Å². The number of hydrogen-bond donors (Lipinski definition) is 1. The van der Waals surface area contributed by atoms with Gasteiger partial charge in [0, 0.05) is 18.4 Å². The summed E-state index contributed by atoms with van der Waals surface area (Å²) < 4.78 is 0. The van der Waals surface area contributed by atoms with Gasteiger partial charge in [0.05, 0.1) is 18.7 Å². The van der Waals surface area contributed by atoms with Crippen LogP contribution in [0.25, 0.3) is 0 Å². The first-order valence-electron chi connectivity index (χ1n) is 6.44. The van der Waals surface area contributed by atoms with Gasteiger partial charge in [-0.25, -0.2) is 9.97 Å². The Kier molecular flexibility index (Phi) is 4.65. The van der Waals surface area contributed by atoms with E-state index < -0.39 is 5.97 Å². The fourth-order valence-corrected chi connectivity index (χ4v) is 2.04. The summed E-state index contributed by atoms with van der Waals surface area (Å²) in [6.07, 6.45) is 3.29. The van der Waals surface area contributed by atoms with Gasteiger partial charge in [-0.2, -0.15) is 0 Å². The molecule has 0 aliphatic heterocycles. The maximum Gasteiger partial charge on any atom is 0.305 e. The van der Waals surface area contributed by atoms with E-state index in [9.17, 15) is 4.79 Å². The number of aryl methyl sites for hydroxylation is 1. The molecule has 104 valence electrons. The lowest BCUT2D eigenvalue weighted by Crippen LogP contribution is -2.26. The molecular formula is C15H17N3O2. The van der Waals surface area contributed by atoms with Crippen LogP contribution in [0.15, 0.2) is 42.9 Å². The van der Waals surface area contributed by atoms with E-state index >= 15 is 0 Å². The van der Waals surface area contributed by atoms with Crippen molar-refractivity contribution in [1.82, 2.24) is 9.97 Å². The average Bonchev–Trinajstić information content (AvgIpc) is 2.45. The van der Waals surface area contributed by atoms with Gasteiger partial charge in [-0.05, 0) is 24.6 Å². The van der Waals surface area contributed by atoms with Crippen LogP contribution in [-0.4, -0.2) is 27.6 Å². The van der Waals surface area contributed by atoms with Crippen LogP contribution in [0.5, 0.6) is 0 Å². The van der Waals surface area contributed by atoms with Gasteiger partial charge in [-0.3, -0.25) is 4.79 Å². The fraction of sp³-hybridized carbons (Fsp3) is 0.267. The van der Waals surface area contributed by atoms with Crippen molar-refractivity contribution in [3.05, 3.63) is 54.1 Å². The van der Waals surface area contributed by atoms with Gasteiger partial charge in [0.25, 0.3) is 0 Å². The van der Waals surface area contributed by atoms with Crippen molar-refractivity contribution in [1.29, 1.82) is 0 Å². The van der Waals surface area contributed by atoms with Crippen molar-refractivity contribution in [3.8, 4) is 0 Å². The molecule has 0 unspecified atom stereocenters. The molecule has 20 heavy (non-hydrogen) atoms. The third-order valence-corrected chi connectivity index (χ3v) is 3.05. The number of rotatable bonds is 6. The summed E-state index contributed by atoms with van der Waals surface area (Å²) in [4.78, 5) is 20.9. The van der Waals surface area contributed by atoms with Gasteiger partial charge in [0.1, 0.15) is 6.33 Å². The molecule has 0 fully saturated rings. The summed E-state index contributed by atoms with van der Waals surface area (Å²) in [5.74, 6) is -0.800. The molecule has 1 heterocycles. The van der Waals surface area contributed by atoms with Crippen LogP contribution in [0.2, 0.25) is 0 Å². The van der Waals surface area contributed by atoms with Crippen molar-refractivity contribution >= 4 is 11.7 Å². The van der Waals surface area contributed by atoms with E-state index in [0.29, 0.717) is 13.1 Å². The van der Waals surface area contributed by atoms with E-state index in [1.54, 1.807) is 6.20 Å². The Morgan fingerprint density at radius 1 is 1.30 bits per heavy atom. The number of carboxylic acid groups (broad SMARTS) is 1. The number of aliphatic carboxylic acids is 1. The third-order valence-electron chi connectivity index (χ3n) is 3.05. The molecule has 1 aromatic carbocycles. The third kappa shape index (κ3) is 3.78. The molecule has 0 aliphatic rings. The van der Waals surface area contributed by atoms with E-state index in [1.165, 1.54) is 6.33 Å². The SMILES string of the molecule is Cc1ccccc1N(CCC(=O)O)Cc1ccncn1. The highest BCUT2D eigenvalue weighted by molar-refractivity contribution is 5.68. The van der Waals surface area contributed by atoms with Crippen LogP contribution in [0.4, 0.5) is 5.69 Å². The maximum absolute atomic E-state index is 10.8. The minimum atomic E-state index is -0.800. The van der Waals surface area contributed by atoms with Gasteiger partial charge in [0.2, 0.25) is 0 Å². The highest BCUT2D eigenvalue weighted by atomic mass is 16.4. The zero-order valence-corrected chi connectivity index (χ0v) is 11.4. The Labute approximate surface area is 117 Å². The molecule has 0 aliphatic carbocycles. The van der Waals surface area contributed by atoms with Crippen LogP contribution < -0.4 is 4.90 Å². The molecule has 0 radical (unpaired) electrons. The first-order valence-corrected chi connectivity index (χ1v) is 6.44. The molecule has 0 atom stereocenters. The number of anilines is 1. The number of para-hydroxylation sites is 1. The molecular weight excluding hydrogens is 254 g/mol. The number of nitrogens with zero attached hydrogens (tertiary/aromatic N) is 3. The van der Waals surface area contributed by atoms with Crippen molar-refractivity contribution in [2.24, 2.45) is 0 Å². The molecule has 1 aromatic heterocycles. The second-order valence-electron chi connectivity index (χ2n) is 4.55. The fourth-order valence-electron chi connectivity index (χ4n) is 2.04. The summed E-state index contributed by atoms with van der Waals surface area (Å²) >= 11 is 0. The summed E-state index contributed by atoms with van der Waals surface area (Å²) in [7, 11) is 0. The Hall–Kier alpha value is -2.43. The average molecular weight is 271 g/mol. The first-order chi connectivity index (χ1) is 9.66. The second kappa shape index (κ2) is 6.65. The normalized spacial score (nSPS) is 10.2. The number of carbonyl (C=O) groups is 1. The lowest BCUT2D eigenvalue weighted by Gasteiger charge is -2.25. The smallest absolute Gasteiger partial charge is 0.305 e. The largest absolute Gasteiger partial charge is 0.481 e. The van der Waals surface area contributed by atoms with E-state index in [0.717, 1.165) is 16.9 Å². The molecule has 0 saturated heterocycles. The minimum Gasteiger partial charge on any atom is -0.481 e. The Bertz CT molecular complexity index is 572. The summed E-state index contributed by atoms with van der Waals surface area (Å²) in [5.41, 5.74) is 3.02. The van der Waals surface area contributed by atoms with E-state index in [2.05, 4.69) is 9.97 Å². The predicted octanol–water partition coefficient (Wildman–Crippen LogP) is 2.27. The maximum atomic E-state index is 10.8.